The Balaban J connectivity index is 0.000000108. The standard InChI is InChI=1S/3C44H27N5O/c1-4-14-28(15-5-1)42-46-43(29-16-6-2-7-17-29)48-44(47-42)30-26-35-34-24-23-33-32-20-10-11-22-38(32)49(31-18-8-3-9-19-31)39(33)41(34)50-40(35)36(27-30)37-21-12-13-25-45-37;1-4-13-28(14-5-1)42-46-43(29-15-6-2-7-16-29)48-44(47-42)31-25-36(30-17-12-24-45-27-30)40-37(26-31)35-23-22-34-33-20-10-11-21-38(33)49(39(34)41(35)50-40)32-18-8-3-9-19-32;1-4-12-29(13-5-1)42-46-43(30-14-6-2-7-15-30)48-44(47-42)35-22-23-37-39(38(35)28-24-26-45-27-25-28)34-21-20-33-32-18-10-11-19-36(32)49(40(33)41(34)50-37)31-16-8-3-9-17-31/h3*1-27H. The zero-order chi connectivity index (χ0) is 99.1. The average molecular weight is 1930 g/mol. The van der Waals surface area contributed by atoms with E-state index in [1.165, 1.54) is 16.2 Å². The summed E-state index contributed by atoms with van der Waals surface area (Å²) in [5.74, 6) is 5.42. The van der Waals surface area contributed by atoms with Crippen LogP contribution in [0, 0.1) is 0 Å². The van der Waals surface area contributed by atoms with Crippen LogP contribution in [0.2, 0.25) is 0 Å². The molecule has 0 saturated carbocycles. The normalized spacial score (nSPS) is 11.6. The summed E-state index contributed by atoms with van der Waals surface area (Å²) in [5, 5.41) is 12.9. The molecule has 0 aliphatic heterocycles. The Morgan fingerprint density at radius 3 is 0.887 bits per heavy atom. The molecule has 12 heterocycles. The number of para-hydroxylation sites is 6. The minimum Gasteiger partial charge on any atom is -0.454 e. The van der Waals surface area contributed by atoms with Gasteiger partial charge in [0, 0.05) is 185 Å². The van der Waals surface area contributed by atoms with Crippen molar-refractivity contribution in [3.8, 4) is 153 Å². The van der Waals surface area contributed by atoms with Gasteiger partial charge in [0.25, 0.3) is 0 Å². The molecule has 30 rings (SSSR count). The largest absolute Gasteiger partial charge is 0.454 e. The lowest BCUT2D eigenvalue weighted by atomic mass is 9.94. The van der Waals surface area contributed by atoms with Crippen molar-refractivity contribution in [2.45, 2.75) is 0 Å². The van der Waals surface area contributed by atoms with E-state index in [1.807, 2.05) is 267 Å². The van der Waals surface area contributed by atoms with Crippen molar-refractivity contribution >= 4 is 131 Å². The molecule has 0 fully saturated rings. The third-order valence-electron chi connectivity index (χ3n) is 28.0. The van der Waals surface area contributed by atoms with Crippen molar-refractivity contribution in [2.24, 2.45) is 0 Å². The Labute approximate surface area is 857 Å². The van der Waals surface area contributed by atoms with Crippen LogP contribution in [0.15, 0.2) is 505 Å². The highest BCUT2D eigenvalue weighted by Gasteiger charge is 2.30. The number of nitrogens with zero attached hydrogens (tertiary/aromatic N) is 15. The molecule has 0 N–H and O–H groups in total. The van der Waals surface area contributed by atoms with Gasteiger partial charge in [-0.2, -0.15) is 0 Å². The molecular formula is C132H81N15O3. The van der Waals surface area contributed by atoms with E-state index in [0.29, 0.717) is 52.4 Å². The number of hydrogen-bond acceptors (Lipinski definition) is 15. The van der Waals surface area contributed by atoms with Gasteiger partial charge in [-0.25, -0.2) is 44.9 Å². The molecule has 0 radical (unpaired) electrons. The SMILES string of the molecule is c1ccc(-c2nc(-c3ccccc3)nc(-c3cc(-c4ccccn4)c4oc5c(ccc6c7ccccc7n(-c7ccccc7)c65)c4c3)n2)cc1.c1ccc(-c2nc(-c3ccccc3)nc(-c3cc(-c4cccnc4)c4oc5c(ccc6c7ccccc7n(-c7ccccc7)c65)c4c3)n2)cc1.c1ccc(-c2nc(-c3ccccc3)nc(-c3ccc4oc5c(ccc6c7ccccc7n(-c7ccccc7)c65)c4c3-c3ccncc3)n2)cc1. The summed E-state index contributed by atoms with van der Waals surface area (Å²) in [6.07, 6.45) is 9.12. The van der Waals surface area contributed by atoms with Gasteiger partial charge in [0.1, 0.15) is 16.7 Å². The van der Waals surface area contributed by atoms with E-state index >= 15 is 0 Å². The fourth-order valence-corrected chi connectivity index (χ4v) is 21.2. The van der Waals surface area contributed by atoms with Crippen molar-refractivity contribution in [1.29, 1.82) is 0 Å². The van der Waals surface area contributed by atoms with Crippen LogP contribution >= 0.6 is 0 Å². The highest BCUT2D eigenvalue weighted by molar-refractivity contribution is 6.27. The Hall–Kier alpha value is -20.8. The molecular weight excluding hydrogens is 1840 g/mol. The van der Waals surface area contributed by atoms with Gasteiger partial charge in [0.2, 0.25) is 0 Å². The van der Waals surface area contributed by atoms with Gasteiger partial charge >= 0.3 is 0 Å². The molecule has 0 unspecified atom stereocenters. The molecule has 12 aromatic heterocycles. The number of benzene rings is 18. The highest BCUT2D eigenvalue weighted by Crippen LogP contribution is 2.51. The van der Waals surface area contributed by atoms with Crippen LogP contribution in [-0.4, -0.2) is 73.5 Å². The van der Waals surface area contributed by atoms with E-state index < -0.39 is 0 Å². The Morgan fingerprint density at radius 2 is 0.507 bits per heavy atom. The van der Waals surface area contributed by atoms with Crippen LogP contribution in [0.1, 0.15) is 0 Å². The van der Waals surface area contributed by atoms with Crippen molar-refractivity contribution in [3.63, 3.8) is 0 Å². The zero-order valence-electron chi connectivity index (χ0n) is 80.2. The van der Waals surface area contributed by atoms with E-state index in [-0.39, 0.29) is 0 Å². The van der Waals surface area contributed by atoms with Gasteiger partial charge in [-0.1, -0.05) is 322 Å². The van der Waals surface area contributed by atoms with Gasteiger partial charge in [0.15, 0.2) is 69.2 Å². The molecule has 0 aliphatic carbocycles. The quantitative estimate of drug-likeness (QED) is 0.0935. The maximum Gasteiger partial charge on any atom is 0.164 e. The molecule has 18 heteroatoms. The monoisotopic (exact) mass is 1920 g/mol. The molecule has 0 atom stereocenters. The van der Waals surface area contributed by atoms with Gasteiger partial charge in [-0.15, -0.1) is 0 Å². The molecule has 0 amide bonds. The molecule has 0 bridgehead atoms. The summed E-state index contributed by atoms with van der Waals surface area (Å²) in [5.41, 5.74) is 28.1. The molecule has 18 nitrogen and oxygen atoms in total. The number of pyridine rings is 3. The van der Waals surface area contributed by atoms with Crippen molar-refractivity contribution in [3.05, 3.63) is 492 Å². The summed E-state index contributed by atoms with van der Waals surface area (Å²) in [6, 6.07) is 157. The van der Waals surface area contributed by atoms with Crippen LogP contribution in [0.4, 0.5) is 0 Å². The fourth-order valence-electron chi connectivity index (χ4n) is 21.2. The topological polar surface area (TPSA) is 209 Å². The van der Waals surface area contributed by atoms with Gasteiger partial charge in [-0.3, -0.25) is 15.0 Å². The van der Waals surface area contributed by atoms with Gasteiger partial charge in [-0.05, 0) is 145 Å². The summed E-state index contributed by atoms with van der Waals surface area (Å²) in [7, 11) is 0. The Bertz CT molecular complexity index is 9690. The van der Waals surface area contributed by atoms with Crippen molar-refractivity contribution in [2.75, 3.05) is 0 Å². The van der Waals surface area contributed by atoms with Gasteiger partial charge < -0.3 is 27.0 Å². The summed E-state index contributed by atoms with van der Waals surface area (Å²) >= 11 is 0. The Morgan fingerprint density at radius 1 is 0.180 bits per heavy atom. The first-order chi connectivity index (χ1) is 74.4. The lowest BCUT2D eigenvalue weighted by molar-refractivity contribution is 0.671. The van der Waals surface area contributed by atoms with Crippen molar-refractivity contribution < 1.29 is 13.3 Å². The van der Waals surface area contributed by atoms with Crippen LogP contribution < -0.4 is 0 Å². The molecule has 30 aromatic rings. The van der Waals surface area contributed by atoms with Crippen molar-refractivity contribution in [1.82, 2.24) is 73.5 Å². The van der Waals surface area contributed by atoms with E-state index in [2.05, 4.69) is 242 Å². The lowest BCUT2D eigenvalue weighted by Gasteiger charge is -2.13. The fraction of sp³-hybridized carbons (Fsp3) is 0. The summed E-state index contributed by atoms with van der Waals surface area (Å²) in [6.45, 7) is 0. The predicted molar refractivity (Wildman–Crippen MR) is 603 cm³/mol. The second-order valence-corrected chi connectivity index (χ2v) is 36.9. The third kappa shape index (κ3) is 15.3. The minimum absolute atomic E-state index is 0.575. The summed E-state index contributed by atoms with van der Waals surface area (Å²) < 4.78 is 27.9. The number of furan rings is 3. The van der Waals surface area contributed by atoms with Gasteiger partial charge in [0.05, 0.1) is 38.8 Å². The van der Waals surface area contributed by atoms with Crippen LogP contribution in [0.3, 0.4) is 0 Å². The number of rotatable bonds is 15. The minimum atomic E-state index is 0.575. The first-order valence-electron chi connectivity index (χ1n) is 49.7. The molecule has 0 saturated heterocycles. The number of fused-ring (bicyclic) bond motifs is 21. The molecule has 18 aromatic carbocycles. The van der Waals surface area contributed by atoms with E-state index in [9.17, 15) is 0 Å². The molecule has 150 heavy (non-hydrogen) atoms. The number of aromatic nitrogens is 15. The van der Waals surface area contributed by atoms with E-state index in [4.69, 9.17) is 63.1 Å². The maximum atomic E-state index is 7.02. The molecule has 0 aliphatic rings. The second kappa shape index (κ2) is 36.9. The molecule has 0 spiro atoms. The Kier molecular flexibility index (Phi) is 21.4. The van der Waals surface area contributed by atoms with E-state index in [1.54, 1.807) is 6.20 Å². The smallest absolute Gasteiger partial charge is 0.164 e. The number of hydrogen-bond donors (Lipinski definition) is 0. The van der Waals surface area contributed by atoms with Crippen LogP contribution in [-0.2, 0) is 0 Å². The highest BCUT2D eigenvalue weighted by atomic mass is 16.3. The van der Waals surface area contributed by atoms with Crippen LogP contribution in [0.25, 0.3) is 284 Å². The maximum absolute atomic E-state index is 7.02. The third-order valence-corrected chi connectivity index (χ3v) is 28.0. The zero-order valence-corrected chi connectivity index (χ0v) is 80.2. The van der Waals surface area contributed by atoms with Crippen LogP contribution in [0.5, 0.6) is 0 Å². The lowest BCUT2D eigenvalue weighted by Crippen LogP contribution is -2.01. The first-order valence-corrected chi connectivity index (χ1v) is 49.7. The summed E-state index contributed by atoms with van der Waals surface area (Å²) in [4.78, 5) is 58.9. The predicted octanol–water partition coefficient (Wildman–Crippen LogP) is 32.8. The second-order valence-electron chi connectivity index (χ2n) is 36.9. The average Bonchev–Trinajstić information content (AvgIpc) is 1.55. The van der Waals surface area contributed by atoms with E-state index in [0.717, 1.165) is 216 Å². The molecule has 702 valence electrons. The first kappa shape index (κ1) is 87.1.